The van der Waals surface area contributed by atoms with E-state index >= 15 is 0 Å². The lowest BCUT2D eigenvalue weighted by Crippen LogP contribution is -2.13. The molecule has 5 rings (SSSR count). The van der Waals surface area contributed by atoms with Crippen LogP contribution in [0.3, 0.4) is 0 Å². The summed E-state index contributed by atoms with van der Waals surface area (Å²) < 4.78 is 45.4. The molecule has 8 nitrogen and oxygen atoms in total. The van der Waals surface area contributed by atoms with Crippen LogP contribution in [0.1, 0.15) is 66.5 Å². The Morgan fingerprint density at radius 1 is 1.00 bits per heavy atom. The van der Waals surface area contributed by atoms with E-state index in [9.17, 15) is 13.6 Å². The molecule has 1 amide bonds. The van der Waals surface area contributed by atoms with Gasteiger partial charge in [-0.25, -0.2) is 18.3 Å². The summed E-state index contributed by atoms with van der Waals surface area (Å²) in [5.41, 5.74) is 2.03. The first-order chi connectivity index (χ1) is 18.4. The number of ether oxygens (including phenoxy) is 3. The van der Waals surface area contributed by atoms with E-state index in [1.807, 2.05) is 32.0 Å². The van der Waals surface area contributed by atoms with Crippen LogP contribution >= 0.6 is 0 Å². The van der Waals surface area contributed by atoms with Gasteiger partial charge in [0.05, 0.1) is 13.2 Å². The third kappa shape index (κ3) is 5.69. The number of anilines is 1. The number of nitrogens with one attached hydrogen (secondary N) is 1. The zero-order valence-corrected chi connectivity index (χ0v) is 21.1. The number of hydrogen-bond acceptors (Lipinski definition) is 6. The molecule has 1 saturated carbocycles. The fourth-order valence-electron chi connectivity index (χ4n) is 4.05. The first-order valence-electron chi connectivity index (χ1n) is 12.6. The minimum Gasteiger partial charge on any atom is -0.490 e. The molecule has 4 aromatic rings. The van der Waals surface area contributed by atoms with Gasteiger partial charge in [-0.2, -0.15) is 5.10 Å². The number of rotatable bonds is 11. The number of alkyl halides is 2. The van der Waals surface area contributed by atoms with Gasteiger partial charge in [-0.15, -0.1) is 0 Å². The van der Waals surface area contributed by atoms with Crippen molar-refractivity contribution >= 4 is 17.2 Å². The third-order valence-corrected chi connectivity index (χ3v) is 6.05. The Balaban J connectivity index is 1.24. The Labute approximate surface area is 218 Å². The predicted molar refractivity (Wildman–Crippen MR) is 137 cm³/mol. The van der Waals surface area contributed by atoms with Gasteiger partial charge in [-0.3, -0.25) is 4.79 Å². The number of carbonyl (C=O) groups excluding carboxylic acids is 1. The molecule has 38 heavy (non-hydrogen) atoms. The van der Waals surface area contributed by atoms with Crippen molar-refractivity contribution in [1.29, 1.82) is 0 Å². The number of nitrogens with zero attached hydrogens (tertiary/aromatic N) is 3. The van der Waals surface area contributed by atoms with Crippen LogP contribution in [-0.2, 0) is 6.61 Å². The molecular formula is C28H28F2N4O4. The fraction of sp³-hybridized carbons (Fsp3) is 0.321. The van der Waals surface area contributed by atoms with Crippen LogP contribution in [0.25, 0.3) is 5.65 Å². The zero-order valence-electron chi connectivity index (χ0n) is 21.1. The van der Waals surface area contributed by atoms with Crippen molar-refractivity contribution in [2.24, 2.45) is 0 Å². The van der Waals surface area contributed by atoms with Crippen LogP contribution in [-0.4, -0.2) is 33.7 Å². The van der Waals surface area contributed by atoms with E-state index < -0.39 is 12.3 Å². The van der Waals surface area contributed by atoms with Gasteiger partial charge < -0.3 is 19.5 Å². The number of halogens is 2. The Morgan fingerprint density at radius 2 is 1.74 bits per heavy atom. The quantitative estimate of drug-likeness (QED) is 0.253. The van der Waals surface area contributed by atoms with E-state index in [0.717, 1.165) is 22.9 Å². The number of fused-ring (bicyclic) bond motifs is 1. The Kier molecular flexibility index (Phi) is 7.39. The van der Waals surface area contributed by atoms with Gasteiger partial charge in [0.15, 0.2) is 22.8 Å². The van der Waals surface area contributed by atoms with Crippen molar-refractivity contribution < 1.29 is 27.8 Å². The average molecular weight is 523 g/mol. The van der Waals surface area contributed by atoms with Crippen LogP contribution in [0.5, 0.6) is 17.2 Å². The molecule has 1 N–H and O–H groups in total. The molecule has 2 heterocycles. The second-order valence-corrected chi connectivity index (χ2v) is 8.89. The predicted octanol–water partition coefficient (Wildman–Crippen LogP) is 6.17. The van der Waals surface area contributed by atoms with E-state index in [2.05, 4.69) is 15.4 Å². The Bertz CT molecular complexity index is 1440. The minimum atomic E-state index is -2.73. The molecule has 0 radical (unpaired) electrons. The SMILES string of the molecule is CCOc1ccc(COc2ccc(NC(=O)c3cc4nc(C5CC5)cc(C(F)F)n4n3)cc2)cc1OCC. The molecule has 0 saturated heterocycles. The van der Waals surface area contributed by atoms with Crippen molar-refractivity contribution in [2.75, 3.05) is 18.5 Å². The fourth-order valence-corrected chi connectivity index (χ4v) is 4.05. The maximum absolute atomic E-state index is 13.6. The summed E-state index contributed by atoms with van der Waals surface area (Å²) in [5, 5.41) is 6.83. The lowest BCUT2D eigenvalue weighted by atomic mass is 10.2. The van der Waals surface area contributed by atoms with Crippen molar-refractivity contribution in [1.82, 2.24) is 14.6 Å². The molecule has 2 aromatic heterocycles. The molecule has 198 valence electrons. The second-order valence-electron chi connectivity index (χ2n) is 8.89. The molecule has 0 unspecified atom stereocenters. The van der Waals surface area contributed by atoms with Gasteiger partial charge in [-0.1, -0.05) is 6.07 Å². The third-order valence-electron chi connectivity index (χ3n) is 6.05. The molecule has 2 aromatic carbocycles. The van der Waals surface area contributed by atoms with Gasteiger partial charge in [0.25, 0.3) is 12.3 Å². The van der Waals surface area contributed by atoms with Crippen molar-refractivity contribution in [3.8, 4) is 17.2 Å². The van der Waals surface area contributed by atoms with Crippen LogP contribution in [0.4, 0.5) is 14.5 Å². The van der Waals surface area contributed by atoms with E-state index in [1.54, 1.807) is 24.3 Å². The summed E-state index contributed by atoms with van der Waals surface area (Å²) in [6, 6.07) is 15.3. The maximum Gasteiger partial charge on any atom is 0.280 e. The molecule has 0 atom stereocenters. The normalized spacial score (nSPS) is 13.1. The molecular weight excluding hydrogens is 494 g/mol. The van der Waals surface area contributed by atoms with Crippen molar-refractivity contribution in [2.45, 2.75) is 45.6 Å². The number of amides is 1. The van der Waals surface area contributed by atoms with Gasteiger partial charge >= 0.3 is 0 Å². The van der Waals surface area contributed by atoms with Crippen LogP contribution in [0.15, 0.2) is 54.6 Å². The first kappa shape index (κ1) is 25.4. The van der Waals surface area contributed by atoms with Gasteiger partial charge in [0.2, 0.25) is 0 Å². The standard InChI is InChI=1S/C28H28F2N4O4/c1-3-36-24-12-5-17(13-25(24)37-4-2)16-38-20-10-8-19(9-11-20)31-28(35)22-15-26-32-21(18-6-7-18)14-23(27(29)30)34(26)33-22/h5,8-15,18,27H,3-4,6-7,16H2,1-2H3,(H,31,35). The number of benzene rings is 2. The molecule has 10 heteroatoms. The van der Waals surface area contributed by atoms with Crippen molar-refractivity contribution in [3.05, 3.63) is 77.2 Å². The van der Waals surface area contributed by atoms with Crippen LogP contribution < -0.4 is 19.5 Å². The lowest BCUT2D eigenvalue weighted by Gasteiger charge is -2.13. The van der Waals surface area contributed by atoms with Crippen LogP contribution in [0, 0.1) is 0 Å². The summed E-state index contributed by atoms with van der Waals surface area (Å²) in [5.74, 6) is 1.65. The molecule has 0 bridgehead atoms. The van der Waals surface area contributed by atoms with E-state index in [-0.39, 0.29) is 23.0 Å². The number of carbonyl (C=O) groups is 1. The highest BCUT2D eigenvalue weighted by Crippen LogP contribution is 2.40. The largest absolute Gasteiger partial charge is 0.490 e. The highest BCUT2D eigenvalue weighted by atomic mass is 19.3. The summed E-state index contributed by atoms with van der Waals surface area (Å²) in [7, 11) is 0. The zero-order chi connectivity index (χ0) is 26.6. The average Bonchev–Trinajstić information content (AvgIpc) is 3.67. The Hall–Kier alpha value is -4.21. The topological polar surface area (TPSA) is 87.0 Å². The van der Waals surface area contributed by atoms with Crippen LogP contribution in [0.2, 0.25) is 0 Å². The van der Waals surface area contributed by atoms with Gasteiger partial charge in [0.1, 0.15) is 18.1 Å². The minimum absolute atomic E-state index is 0.00766. The lowest BCUT2D eigenvalue weighted by molar-refractivity contribution is 0.102. The monoisotopic (exact) mass is 522 g/mol. The van der Waals surface area contributed by atoms with Gasteiger partial charge in [-0.05, 0) is 74.7 Å². The summed E-state index contributed by atoms with van der Waals surface area (Å²) in [6.45, 7) is 5.22. The molecule has 1 fully saturated rings. The number of hydrogen-bond donors (Lipinski definition) is 1. The van der Waals surface area contributed by atoms with E-state index in [1.165, 1.54) is 12.1 Å². The summed E-state index contributed by atoms with van der Waals surface area (Å²) >= 11 is 0. The van der Waals surface area contributed by atoms with Crippen molar-refractivity contribution in [3.63, 3.8) is 0 Å². The Morgan fingerprint density at radius 3 is 2.42 bits per heavy atom. The molecule has 1 aliphatic rings. The smallest absolute Gasteiger partial charge is 0.280 e. The first-order valence-corrected chi connectivity index (χ1v) is 12.6. The summed E-state index contributed by atoms with van der Waals surface area (Å²) in [4.78, 5) is 17.2. The molecule has 1 aliphatic carbocycles. The van der Waals surface area contributed by atoms with E-state index in [0.29, 0.717) is 48.5 Å². The highest BCUT2D eigenvalue weighted by Gasteiger charge is 2.28. The highest BCUT2D eigenvalue weighted by molar-refractivity contribution is 6.03. The number of aromatic nitrogens is 3. The molecule has 0 spiro atoms. The van der Waals surface area contributed by atoms with E-state index in [4.69, 9.17) is 14.2 Å². The maximum atomic E-state index is 13.6. The second kappa shape index (κ2) is 11.0. The van der Waals surface area contributed by atoms with Gasteiger partial charge in [0, 0.05) is 23.4 Å². The summed E-state index contributed by atoms with van der Waals surface area (Å²) in [6.07, 6.45) is -0.863. The molecule has 0 aliphatic heterocycles.